The molecule has 0 aromatic carbocycles. The van der Waals surface area contributed by atoms with Gasteiger partial charge >= 0.3 is 0 Å². The fraction of sp³-hybridized carbons (Fsp3) is 0.727. The zero-order chi connectivity index (χ0) is 11.5. The highest BCUT2D eigenvalue weighted by Gasteiger charge is 2.20. The van der Waals surface area contributed by atoms with Crippen LogP contribution in [0.5, 0.6) is 0 Å². The number of nitrogens with one attached hydrogen (secondary N) is 1. The van der Waals surface area contributed by atoms with Gasteiger partial charge in [-0.3, -0.25) is 5.10 Å². The molecule has 0 saturated carbocycles. The molecule has 16 heavy (non-hydrogen) atoms. The third-order valence-electron chi connectivity index (χ3n) is 3.15. The second kappa shape index (κ2) is 4.84. The number of H-pyrrole nitrogens is 1. The van der Waals surface area contributed by atoms with Crippen molar-refractivity contribution in [2.45, 2.75) is 13.0 Å². The van der Waals surface area contributed by atoms with E-state index in [0.29, 0.717) is 5.82 Å². The number of rotatable bonds is 4. The van der Waals surface area contributed by atoms with Crippen LogP contribution in [0.3, 0.4) is 0 Å². The van der Waals surface area contributed by atoms with Crippen molar-refractivity contribution in [3.05, 3.63) is 11.8 Å². The van der Waals surface area contributed by atoms with E-state index in [1.807, 2.05) is 6.07 Å². The molecule has 1 aromatic rings. The Balaban J connectivity index is 1.78. The summed E-state index contributed by atoms with van der Waals surface area (Å²) in [7, 11) is 4.34. The molecule has 2 heterocycles. The van der Waals surface area contributed by atoms with Gasteiger partial charge < -0.3 is 15.5 Å². The molecule has 0 amide bonds. The molecule has 2 rings (SSSR count). The van der Waals surface area contributed by atoms with Crippen molar-refractivity contribution in [1.29, 1.82) is 0 Å². The summed E-state index contributed by atoms with van der Waals surface area (Å²) in [4.78, 5) is 4.73. The summed E-state index contributed by atoms with van der Waals surface area (Å²) >= 11 is 0. The number of aromatic amines is 1. The van der Waals surface area contributed by atoms with Gasteiger partial charge in [0.2, 0.25) is 0 Å². The molecule has 0 spiro atoms. The lowest BCUT2D eigenvalue weighted by Gasteiger charge is -2.19. The SMILES string of the molecule is CN1CCC(CN(C)Cc2cc(N)n[nH]2)C1. The maximum absolute atomic E-state index is 5.57. The van der Waals surface area contributed by atoms with Gasteiger partial charge in [-0.25, -0.2) is 0 Å². The molecular weight excluding hydrogens is 202 g/mol. The third kappa shape index (κ3) is 2.96. The van der Waals surface area contributed by atoms with Gasteiger partial charge in [0.15, 0.2) is 0 Å². The summed E-state index contributed by atoms with van der Waals surface area (Å²) in [6.07, 6.45) is 1.31. The van der Waals surface area contributed by atoms with E-state index in [0.717, 1.165) is 24.7 Å². The number of nitrogens with zero attached hydrogens (tertiary/aromatic N) is 3. The van der Waals surface area contributed by atoms with Crippen LogP contribution in [0.4, 0.5) is 5.82 Å². The van der Waals surface area contributed by atoms with Gasteiger partial charge in [-0.2, -0.15) is 5.10 Å². The van der Waals surface area contributed by atoms with Crippen LogP contribution in [0.15, 0.2) is 6.07 Å². The first-order chi connectivity index (χ1) is 7.63. The first-order valence-electron chi connectivity index (χ1n) is 5.80. The van der Waals surface area contributed by atoms with E-state index in [4.69, 9.17) is 5.73 Å². The highest BCUT2D eigenvalue weighted by Crippen LogP contribution is 2.16. The van der Waals surface area contributed by atoms with Crippen LogP contribution in [0.1, 0.15) is 12.1 Å². The summed E-state index contributed by atoms with van der Waals surface area (Å²) in [6.45, 7) is 4.48. The fourth-order valence-corrected chi connectivity index (χ4v) is 2.43. The molecule has 90 valence electrons. The average Bonchev–Trinajstić information content (AvgIpc) is 2.76. The predicted molar refractivity (Wildman–Crippen MR) is 64.9 cm³/mol. The van der Waals surface area contributed by atoms with E-state index >= 15 is 0 Å². The molecule has 1 fully saturated rings. The first-order valence-corrected chi connectivity index (χ1v) is 5.80. The van der Waals surface area contributed by atoms with Crippen LogP contribution in [0.2, 0.25) is 0 Å². The van der Waals surface area contributed by atoms with E-state index < -0.39 is 0 Å². The molecule has 5 heteroatoms. The summed E-state index contributed by atoms with van der Waals surface area (Å²) < 4.78 is 0. The number of nitrogen functional groups attached to an aromatic ring is 1. The van der Waals surface area contributed by atoms with Crippen LogP contribution >= 0.6 is 0 Å². The Bertz CT molecular complexity index is 335. The minimum atomic E-state index is 0.573. The maximum atomic E-state index is 5.57. The van der Waals surface area contributed by atoms with Gasteiger partial charge in [-0.05, 0) is 33.0 Å². The van der Waals surface area contributed by atoms with Gasteiger partial charge in [-0.1, -0.05) is 0 Å². The normalized spacial score (nSPS) is 22.1. The van der Waals surface area contributed by atoms with Gasteiger partial charge in [0, 0.05) is 25.7 Å². The van der Waals surface area contributed by atoms with Crippen LogP contribution in [0, 0.1) is 5.92 Å². The Morgan fingerprint density at radius 2 is 2.50 bits per heavy atom. The van der Waals surface area contributed by atoms with Crippen LogP contribution in [-0.4, -0.2) is 53.7 Å². The van der Waals surface area contributed by atoms with Crippen molar-refractivity contribution in [2.75, 3.05) is 39.5 Å². The number of nitrogens with two attached hydrogens (primary N) is 1. The minimum Gasteiger partial charge on any atom is -0.382 e. The molecule has 0 radical (unpaired) electrons. The molecule has 1 atom stereocenters. The predicted octanol–water partition coefficient (Wildman–Crippen LogP) is 0.375. The standard InChI is InChI=1S/C11H21N5/c1-15-4-3-9(6-15)7-16(2)8-10-5-11(12)14-13-10/h5,9H,3-4,6-8H2,1-2H3,(H3,12,13,14). The van der Waals surface area contributed by atoms with E-state index in [-0.39, 0.29) is 0 Å². The molecule has 1 saturated heterocycles. The highest BCUT2D eigenvalue weighted by molar-refractivity contribution is 5.28. The Morgan fingerprint density at radius 3 is 3.06 bits per heavy atom. The lowest BCUT2D eigenvalue weighted by Crippen LogP contribution is -2.27. The van der Waals surface area contributed by atoms with Crippen molar-refractivity contribution >= 4 is 5.82 Å². The van der Waals surface area contributed by atoms with Gasteiger partial charge in [0.1, 0.15) is 5.82 Å². The summed E-state index contributed by atoms with van der Waals surface area (Å²) in [6, 6.07) is 1.90. The Labute approximate surface area is 96.6 Å². The lowest BCUT2D eigenvalue weighted by atomic mass is 10.1. The van der Waals surface area contributed by atoms with E-state index in [9.17, 15) is 0 Å². The zero-order valence-corrected chi connectivity index (χ0v) is 10.1. The number of likely N-dealkylation sites (tertiary alicyclic amines) is 1. The first kappa shape index (κ1) is 11.4. The third-order valence-corrected chi connectivity index (χ3v) is 3.15. The Hall–Kier alpha value is -1.07. The second-order valence-corrected chi connectivity index (χ2v) is 4.93. The monoisotopic (exact) mass is 223 g/mol. The van der Waals surface area contributed by atoms with Crippen LogP contribution in [-0.2, 0) is 6.54 Å². The summed E-state index contributed by atoms with van der Waals surface area (Å²) in [5.74, 6) is 1.37. The Morgan fingerprint density at radius 1 is 1.69 bits per heavy atom. The van der Waals surface area contributed by atoms with Gasteiger partial charge in [0.05, 0.1) is 5.69 Å². The molecule has 0 aliphatic carbocycles. The number of aromatic nitrogens is 2. The molecule has 3 N–H and O–H groups in total. The van der Waals surface area contributed by atoms with E-state index in [2.05, 4.69) is 34.1 Å². The summed E-state index contributed by atoms with van der Waals surface area (Å²) in [5.41, 5.74) is 6.66. The maximum Gasteiger partial charge on any atom is 0.145 e. The molecule has 1 aromatic heterocycles. The highest BCUT2D eigenvalue weighted by atomic mass is 15.2. The minimum absolute atomic E-state index is 0.573. The molecule has 0 bridgehead atoms. The van der Waals surface area contributed by atoms with Crippen molar-refractivity contribution in [2.24, 2.45) is 5.92 Å². The van der Waals surface area contributed by atoms with Crippen molar-refractivity contribution in [3.8, 4) is 0 Å². The molecule has 5 nitrogen and oxygen atoms in total. The molecule has 1 aliphatic rings. The number of hydrogen-bond donors (Lipinski definition) is 2. The molecule has 1 unspecified atom stereocenters. The van der Waals surface area contributed by atoms with Crippen molar-refractivity contribution in [1.82, 2.24) is 20.0 Å². The van der Waals surface area contributed by atoms with Crippen molar-refractivity contribution < 1.29 is 0 Å². The van der Waals surface area contributed by atoms with Gasteiger partial charge in [0.25, 0.3) is 0 Å². The quantitative estimate of drug-likeness (QED) is 0.774. The largest absolute Gasteiger partial charge is 0.382 e. The van der Waals surface area contributed by atoms with E-state index in [1.54, 1.807) is 0 Å². The zero-order valence-electron chi connectivity index (χ0n) is 10.1. The van der Waals surface area contributed by atoms with E-state index in [1.165, 1.54) is 19.5 Å². The van der Waals surface area contributed by atoms with Crippen LogP contribution < -0.4 is 5.73 Å². The van der Waals surface area contributed by atoms with Crippen molar-refractivity contribution in [3.63, 3.8) is 0 Å². The van der Waals surface area contributed by atoms with Gasteiger partial charge in [-0.15, -0.1) is 0 Å². The lowest BCUT2D eigenvalue weighted by molar-refractivity contribution is 0.264. The average molecular weight is 223 g/mol. The number of hydrogen-bond acceptors (Lipinski definition) is 4. The summed E-state index contributed by atoms with van der Waals surface area (Å²) in [5, 5.41) is 6.87. The van der Waals surface area contributed by atoms with Crippen LogP contribution in [0.25, 0.3) is 0 Å². The fourth-order valence-electron chi connectivity index (χ4n) is 2.43. The second-order valence-electron chi connectivity index (χ2n) is 4.93. The number of anilines is 1. The Kier molecular flexibility index (Phi) is 3.46. The smallest absolute Gasteiger partial charge is 0.145 e. The molecule has 1 aliphatic heterocycles. The topological polar surface area (TPSA) is 61.2 Å². The molecular formula is C11H21N5.